The Balaban J connectivity index is 1.84. The fourth-order valence-electron chi connectivity index (χ4n) is 2.97. The van der Waals surface area contributed by atoms with E-state index in [2.05, 4.69) is 28.6 Å². The van der Waals surface area contributed by atoms with Crippen molar-refractivity contribution in [3.63, 3.8) is 0 Å². The lowest BCUT2D eigenvalue weighted by Gasteiger charge is -2.22. The largest absolute Gasteiger partial charge is 0.313 e. The lowest BCUT2D eigenvalue weighted by atomic mass is 9.93. The number of rotatable bonds is 2. The maximum Gasteiger partial charge on any atom is 0.211 e. The Labute approximate surface area is 121 Å². The summed E-state index contributed by atoms with van der Waals surface area (Å²) in [6.45, 7) is 0. The van der Waals surface area contributed by atoms with Crippen LogP contribution in [0.5, 0.6) is 0 Å². The van der Waals surface area contributed by atoms with Gasteiger partial charge in [-0.3, -0.25) is 0 Å². The van der Waals surface area contributed by atoms with Gasteiger partial charge in [0.1, 0.15) is 0 Å². The predicted octanol–water partition coefficient (Wildman–Crippen LogP) is 3.08. The number of para-hydroxylation sites is 1. The maximum atomic E-state index is 4.71. The summed E-state index contributed by atoms with van der Waals surface area (Å²) in [7, 11) is 2.02. The minimum absolute atomic E-state index is 0.432. The van der Waals surface area contributed by atoms with Crippen molar-refractivity contribution >= 4 is 21.6 Å². The van der Waals surface area contributed by atoms with Crippen molar-refractivity contribution in [2.24, 2.45) is 0 Å². The van der Waals surface area contributed by atoms with Gasteiger partial charge in [0.2, 0.25) is 5.13 Å². The average molecular weight is 284 g/mol. The quantitative estimate of drug-likeness (QED) is 0.786. The first-order valence-corrected chi connectivity index (χ1v) is 7.78. The molecular weight excluding hydrogens is 268 g/mol. The molecule has 0 saturated heterocycles. The van der Waals surface area contributed by atoms with Crippen LogP contribution in [0.2, 0.25) is 0 Å². The van der Waals surface area contributed by atoms with Crippen LogP contribution in [0.1, 0.15) is 30.1 Å². The van der Waals surface area contributed by atoms with Crippen molar-refractivity contribution in [1.29, 1.82) is 0 Å². The van der Waals surface area contributed by atoms with Crippen LogP contribution in [0, 0.1) is 0 Å². The first-order valence-electron chi connectivity index (χ1n) is 6.97. The topological polar surface area (TPSA) is 42.7 Å². The zero-order valence-electron chi connectivity index (χ0n) is 11.3. The molecule has 1 aliphatic carbocycles. The maximum absolute atomic E-state index is 4.71. The Morgan fingerprint density at radius 3 is 3.10 bits per heavy atom. The third kappa shape index (κ3) is 1.77. The van der Waals surface area contributed by atoms with Gasteiger partial charge >= 0.3 is 0 Å². The highest BCUT2D eigenvalue weighted by molar-refractivity contribution is 7.20. The summed E-state index contributed by atoms with van der Waals surface area (Å²) in [6.07, 6.45) is 5.48. The van der Waals surface area contributed by atoms with Gasteiger partial charge in [0.25, 0.3) is 0 Å². The summed E-state index contributed by atoms with van der Waals surface area (Å²) in [6, 6.07) is 8.69. The van der Waals surface area contributed by atoms with Crippen LogP contribution in [0.15, 0.2) is 30.5 Å². The van der Waals surface area contributed by atoms with E-state index in [0.717, 1.165) is 17.1 Å². The van der Waals surface area contributed by atoms with Gasteiger partial charge in [0.05, 0.1) is 22.1 Å². The molecule has 0 bridgehead atoms. The smallest absolute Gasteiger partial charge is 0.211 e. The fraction of sp³-hybridized carbons (Fsp3) is 0.333. The highest BCUT2D eigenvalue weighted by Crippen LogP contribution is 2.32. The number of fused-ring (bicyclic) bond motifs is 2. The van der Waals surface area contributed by atoms with Crippen molar-refractivity contribution in [2.75, 3.05) is 7.05 Å². The molecule has 20 heavy (non-hydrogen) atoms. The van der Waals surface area contributed by atoms with Crippen molar-refractivity contribution in [1.82, 2.24) is 20.1 Å². The molecule has 1 N–H and O–H groups in total. The van der Waals surface area contributed by atoms with Gasteiger partial charge < -0.3 is 5.32 Å². The van der Waals surface area contributed by atoms with E-state index in [1.807, 2.05) is 24.0 Å². The van der Waals surface area contributed by atoms with Crippen LogP contribution in [0.25, 0.3) is 15.3 Å². The van der Waals surface area contributed by atoms with Gasteiger partial charge in [-0.15, -0.1) is 0 Å². The lowest BCUT2D eigenvalue weighted by Crippen LogP contribution is -2.21. The van der Waals surface area contributed by atoms with E-state index in [-0.39, 0.29) is 0 Å². The van der Waals surface area contributed by atoms with Gasteiger partial charge in [-0.05, 0) is 38.4 Å². The van der Waals surface area contributed by atoms with E-state index in [0.29, 0.717) is 6.04 Å². The van der Waals surface area contributed by atoms with E-state index in [1.54, 1.807) is 11.3 Å². The molecule has 102 valence electrons. The molecule has 1 aromatic carbocycles. The van der Waals surface area contributed by atoms with Gasteiger partial charge in [0, 0.05) is 11.6 Å². The standard InChI is InChI=1S/C15H16N4S/c1-16-11-6-4-7-13-10(11)9-17-19(13)15-18-12-5-2-3-8-14(12)20-15/h2-3,5,8-9,11,16H,4,6-7H2,1H3. The number of benzene rings is 1. The monoisotopic (exact) mass is 284 g/mol. The van der Waals surface area contributed by atoms with Crippen LogP contribution in [-0.2, 0) is 6.42 Å². The molecule has 4 rings (SSSR count). The molecule has 0 aliphatic heterocycles. The highest BCUT2D eigenvalue weighted by Gasteiger charge is 2.24. The summed E-state index contributed by atoms with van der Waals surface area (Å²) in [5, 5.41) is 8.94. The van der Waals surface area contributed by atoms with Crippen LogP contribution >= 0.6 is 11.3 Å². The van der Waals surface area contributed by atoms with Gasteiger partial charge in [0.15, 0.2) is 0 Å². The zero-order valence-corrected chi connectivity index (χ0v) is 12.2. The second kappa shape index (κ2) is 4.68. The Morgan fingerprint density at radius 2 is 2.25 bits per heavy atom. The Bertz CT molecular complexity index is 725. The van der Waals surface area contributed by atoms with Crippen LogP contribution in [-0.4, -0.2) is 21.8 Å². The van der Waals surface area contributed by atoms with Crippen molar-refractivity contribution < 1.29 is 0 Å². The molecule has 0 spiro atoms. The molecule has 2 aromatic heterocycles. The first kappa shape index (κ1) is 12.1. The Hall–Kier alpha value is -1.72. The molecule has 2 heterocycles. The van der Waals surface area contributed by atoms with Gasteiger partial charge in [-0.2, -0.15) is 5.10 Å². The van der Waals surface area contributed by atoms with E-state index in [1.165, 1.54) is 28.8 Å². The van der Waals surface area contributed by atoms with Gasteiger partial charge in [-0.25, -0.2) is 9.67 Å². The van der Waals surface area contributed by atoms with E-state index < -0.39 is 0 Å². The summed E-state index contributed by atoms with van der Waals surface area (Å²) >= 11 is 1.71. The predicted molar refractivity (Wildman–Crippen MR) is 81.5 cm³/mol. The normalized spacial score (nSPS) is 18.4. The Kier molecular flexibility index (Phi) is 2.82. The SMILES string of the molecule is CNC1CCCc2c1cnn2-c1nc2ccccc2s1. The van der Waals surface area contributed by atoms with Crippen LogP contribution in [0.4, 0.5) is 0 Å². The van der Waals surface area contributed by atoms with Crippen molar-refractivity contribution in [3.05, 3.63) is 41.7 Å². The third-order valence-electron chi connectivity index (χ3n) is 4.00. The number of hydrogen-bond donors (Lipinski definition) is 1. The summed E-state index contributed by atoms with van der Waals surface area (Å²) in [5.74, 6) is 0. The van der Waals surface area contributed by atoms with Crippen LogP contribution < -0.4 is 5.32 Å². The third-order valence-corrected chi connectivity index (χ3v) is 5.01. The number of nitrogens with one attached hydrogen (secondary N) is 1. The molecule has 4 nitrogen and oxygen atoms in total. The molecule has 1 aliphatic rings. The molecule has 0 radical (unpaired) electrons. The summed E-state index contributed by atoms with van der Waals surface area (Å²) < 4.78 is 3.25. The van der Waals surface area contributed by atoms with E-state index in [9.17, 15) is 0 Å². The number of nitrogens with zero attached hydrogens (tertiary/aromatic N) is 3. The summed E-state index contributed by atoms with van der Waals surface area (Å²) in [4.78, 5) is 4.71. The van der Waals surface area contributed by atoms with Crippen molar-refractivity contribution in [3.8, 4) is 5.13 Å². The number of aromatic nitrogens is 3. The number of hydrogen-bond acceptors (Lipinski definition) is 4. The van der Waals surface area contributed by atoms with Gasteiger partial charge in [-0.1, -0.05) is 23.5 Å². The lowest BCUT2D eigenvalue weighted by molar-refractivity contribution is 0.490. The first-order chi connectivity index (χ1) is 9.86. The van der Waals surface area contributed by atoms with E-state index >= 15 is 0 Å². The second-order valence-electron chi connectivity index (χ2n) is 5.16. The fourth-order valence-corrected chi connectivity index (χ4v) is 3.92. The van der Waals surface area contributed by atoms with E-state index in [4.69, 9.17) is 4.98 Å². The number of thiazole rings is 1. The minimum atomic E-state index is 0.432. The summed E-state index contributed by atoms with van der Waals surface area (Å²) in [5.41, 5.74) is 3.70. The molecule has 0 amide bonds. The molecule has 1 atom stereocenters. The second-order valence-corrected chi connectivity index (χ2v) is 6.17. The van der Waals surface area contributed by atoms with Crippen molar-refractivity contribution in [2.45, 2.75) is 25.3 Å². The molecule has 1 unspecified atom stereocenters. The molecule has 3 aromatic rings. The molecule has 0 fully saturated rings. The minimum Gasteiger partial charge on any atom is -0.313 e. The molecule has 0 saturated carbocycles. The molecule has 5 heteroatoms. The zero-order chi connectivity index (χ0) is 13.5. The average Bonchev–Trinajstić information content (AvgIpc) is 3.09. The molecular formula is C15H16N4S. The van der Waals surface area contributed by atoms with Crippen LogP contribution in [0.3, 0.4) is 0 Å². The Morgan fingerprint density at radius 1 is 1.35 bits per heavy atom. The highest BCUT2D eigenvalue weighted by atomic mass is 32.1.